The SMILES string of the molecule is C1=CC2C=CC(c3cccc(-c4cccc(-c5cccc(-c6ccc7c(c6)C(c6ccccc6)(c6ccccc6)c6ccccc6-7)c5)c4)c3)=CC2C=C1. The number of benzene rings is 7. The topological polar surface area (TPSA) is 0 Å². The molecule has 53 heavy (non-hydrogen) atoms. The Hall–Kier alpha value is -6.50. The summed E-state index contributed by atoms with van der Waals surface area (Å²) in [6.07, 6.45) is 15.9. The predicted octanol–water partition coefficient (Wildman–Crippen LogP) is 13.4. The maximum absolute atomic E-state index is 2.45. The van der Waals surface area contributed by atoms with Crippen LogP contribution in [0.2, 0.25) is 0 Å². The van der Waals surface area contributed by atoms with Crippen LogP contribution in [-0.2, 0) is 5.41 Å². The van der Waals surface area contributed by atoms with Crippen LogP contribution in [0.1, 0.15) is 27.8 Å². The summed E-state index contributed by atoms with van der Waals surface area (Å²) in [6, 6.07) is 65.1. The van der Waals surface area contributed by atoms with Gasteiger partial charge in [0.25, 0.3) is 0 Å². The van der Waals surface area contributed by atoms with E-state index in [-0.39, 0.29) is 0 Å². The highest BCUT2D eigenvalue weighted by Crippen LogP contribution is 2.56. The van der Waals surface area contributed by atoms with Crippen LogP contribution in [0.15, 0.2) is 218 Å². The van der Waals surface area contributed by atoms with Crippen LogP contribution in [0.3, 0.4) is 0 Å². The Morgan fingerprint density at radius 3 is 1.45 bits per heavy atom. The summed E-state index contributed by atoms with van der Waals surface area (Å²) in [5.41, 5.74) is 17.3. The van der Waals surface area contributed by atoms with E-state index in [0.29, 0.717) is 11.8 Å². The lowest BCUT2D eigenvalue weighted by atomic mass is 9.67. The summed E-state index contributed by atoms with van der Waals surface area (Å²) in [6.45, 7) is 0. The predicted molar refractivity (Wildman–Crippen MR) is 222 cm³/mol. The largest absolute Gasteiger partial charge is 0.0767 e. The molecule has 7 aromatic carbocycles. The van der Waals surface area contributed by atoms with Crippen LogP contribution in [0.25, 0.3) is 50.1 Å². The van der Waals surface area contributed by atoms with E-state index in [0.717, 1.165) is 0 Å². The minimum absolute atomic E-state index is 0.416. The fraction of sp³-hybridized carbons (Fsp3) is 0.0566. The molecular weight excluding hydrogens is 637 g/mol. The molecule has 0 aromatic heterocycles. The normalized spacial score (nSPS) is 17.5. The summed E-state index contributed by atoms with van der Waals surface area (Å²) in [4.78, 5) is 0. The van der Waals surface area contributed by atoms with Crippen LogP contribution in [-0.4, -0.2) is 0 Å². The van der Waals surface area contributed by atoms with E-state index in [1.165, 1.54) is 77.9 Å². The van der Waals surface area contributed by atoms with Gasteiger partial charge in [0.1, 0.15) is 0 Å². The molecule has 0 aliphatic heterocycles. The lowest BCUT2D eigenvalue weighted by Crippen LogP contribution is -2.28. The average molecular weight is 675 g/mol. The molecule has 10 rings (SSSR count). The van der Waals surface area contributed by atoms with Crippen molar-refractivity contribution in [2.24, 2.45) is 11.8 Å². The lowest BCUT2D eigenvalue weighted by Gasteiger charge is -2.34. The molecule has 2 unspecified atom stereocenters. The number of hydrogen-bond acceptors (Lipinski definition) is 0. The number of hydrogen-bond donors (Lipinski definition) is 0. The molecular formula is C53H38. The summed E-state index contributed by atoms with van der Waals surface area (Å²) >= 11 is 0. The van der Waals surface area contributed by atoms with Gasteiger partial charge in [-0.15, -0.1) is 0 Å². The molecule has 0 bridgehead atoms. The molecule has 0 heteroatoms. The van der Waals surface area contributed by atoms with Gasteiger partial charge in [-0.05, 0) is 102 Å². The van der Waals surface area contributed by atoms with E-state index in [9.17, 15) is 0 Å². The first kappa shape index (κ1) is 31.3. The van der Waals surface area contributed by atoms with Gasteiger partial charge in [0.2, 0.25) is 0 Å². The van der Waals surface area contributed by atoms with Gasteiger partial charge in [0.05, 0.1) is 5.41 Å². The molecule has 0 saturated heterocycles. The van der Waals surface area contributed by atoms with Crippen molar-refractivity contribution in [1.29, 1.82) is 0 Å². The molecule has 0 amide bonds. The van der Waals surface area contributed by atoms with E-state index in [1.807, 2.05) is 0 Å². The summed E-state index contributed by atoms with van der Waals surface area (Å²) < 4.78 is 0. The fourth-order valence-electron chi connectivity index (χ4n) is 8.93. The van der Waals surface area contributed by atoms with Crippen molar-refractivity contribution in [1.82, 2.24) is 0 Å². The van der Waals surface area contributed by atoms with Crippen molar-refractivity contribution < 1.29 is 0 Å². The maximum Gasteiger partial charge on any atom is 0.0713 e. The molecule has 0 nitrogen and oxygen atoms in total. The highest BCUT2D eigenvalue weighted by atomic mass is 14.5. The average Bonchev–Trinajstić information content (AvgIpc) is 3.55. The maximum atomic E-state index is 2.45. The van der Waals surface area contributed by atoms with E-state index >= 15 is 0 Å². The standard InChI is InChI=1S/C53H38/c1-3-22-47(23-4-1)53(48-24-5-2-6-25-48)51-27-10-9-26-49(51)50-31-30-46(36-52(50)53)44-21-13-19-42(35-44)40-17-11-16-39(33-40)41-18-12-20-43(34-41)45-29-28-37-14-7-8-15-38(37)32-45/h1-38H. The van der Waals surface area contributed by atoms with Gasteiger partial charge in [0.15, 0.2) is 0 Å². The highest BCUT2D eigenvalue weighted by molar-refractivity contribution is 5.89. The van der Waals surface area contributed by atoms with E-state index < -0.39 is 5.41 Å². The van der Waals surface area contributed by atoms with Crippen LogP contribution >= 0.6 is 0 Å². The Morgan fingerprint density at radius 1 is 0.340 bits per heavy atom. The van der Waals surface area contributed by atoms with Crippen molar-refractivity contribution in [3.63, 3.8) is 0 Å². The summed E-state index contributed by atoms with van der Waals surface area (Å²) in [5.74, 6) is 0.885. The van der Waals surface area contributed by atoms with Crippen LogP contribution in [0.5, 0.6) is 0 Å². The molecule has 0 heterocycles. The van der Waals surface area contributed by atoms with Gasteiger partial charge in [-0.2, -0.15) is 0 Å². The molecule has 3 aliphatic carbocycles. The quantitative estimate of drug-likeness (QED) is 0.165. The Labute approximate surface area is 312 Å². The van der Waals surface area contributed by atoms with Crippen molar-refractivity contribution in [2.45, 2.75) is 5.41 Å². The monoisotopic (exact) mass is 674 g/mol. The zero-order chi connectivity index (χ0) is 35.2. The molecule has 0 fully saturated rings. The second-order valence-corrected chi connectivity index (χ2v) is 14.4. The summed E-state index contributed by atoms with van der Waals surface area (Å²) in [7, 11) is 0. The Bertz CT molecular complexity index is 2570. The third kappa shape index (κ3) is 5.30. The van der Waals surface area contributed by atoms with E-state index in [2.05, 4.69) is 218 Å². The van der Waals surface area contributed by atoms with Crippen molar-refractivity contribution >= 4 is 5.57 Å². The first-order valence-electron chi connectivity index (χ1n) is 18.7. The van der Waals surface area contributed by atoms with Gasteiger partial charge in [-0.25, -0.2) is 0 Å². The molecule has 0 saturated carbocycles. The highest BCUT2D eigenvalue weighted by Gasteiger charge is 2.46. The van der Waals surface area contributed by atoms with Gasteiger partial charge >= 0.3 is 0 Å². The summed E-state index contributed by atoms with van der Waals surface area (Å²) in [5, 5.41) is 0. The third-order valence-corrected chi connectivity index (χ3v) is 11.5. The van der Waals surface area contributed by atoms with E-state index in [1.54, 1.807) is 0 Å². The molecule has 0 N–H and O–H groups in total. The number of rotatable bonds is 6. The van der Waals surface area contributed by atoms with Gasteiger partial charge in [0, 0.05) is 11.8 Å². The molecule has 7 aromatic rings. The van der Waals surface area contributed by atoms with Crippen molar-refractivity contribution in [2.75, 3.05) is 0 Å². The lowest BCUT2D eigenvalue weighted by molar-refractivity contribution is 0.663. The van der Waals surface area contributed by atoms with Gasteiger partial charge < -0.3 is 0 Å². The Kier molecular flexibility index (Phi) is 7.62. The third-order valence-electron chi connectivity index (χ3n) is 11.5. The molecule has 2 atom stereocenters. The number of allylic oxidation sites excluding steroid dienone is 8. The van der Waals surface area contributed by atoms with Crippen molar-refractivity contribution in [3.8, 4) is 44.5 Å². The second kappa shape index (κ2) is 12.9. The first-order chi connectivity index (χ1) is 26.3. The Morgan fingerprint density at radius 2 is 0.830 bits per heavy atom. The first-order valence-corrected chi connectivity index (χ1v) is 18.7. The minimum Gasteiger partial charge on any atom is -0.0767 e. The molecule has 250 valence electrons. The second-order valence-electron chi connectivity index (χ2n) is 14.4. The zero-order valence-corrected chi connectivity index (χ0v) is 29.4. The van der Waals surface area contributed by atoms with Gasteiger partial charge in [-0.3, -0.25) is 0 Å². The molecule has 3 aliphatic rings. The van der Waals surface area contributed by atoms with Crippen molar-refractivity contribution in [3.05, 3.63) is 246 Å². The molecule has 0 spiro atoms. The van der Waals surface area contributed by atoms with E-state index in [4.69, 9.17) is 0 Å². The smallest absolute Gasteiger partial charge is 0.0713 e. The van der Waals surface area contributed by atoms with Gasteiger partial charge in [-0.1, -0.05) is 194 Å². The minimum atomic E-state index is -0.416. The zero-order valence-electron chi connectivity index (χ0n) is 29.4. The Balaban J connectivity index is 1.03. The van der Waals surface area contributed by atoms with Crippen LogP contribution in [0, 0.1) is 11.8 Å². The number of fused-ring (bicyclic) bond motifs is 4. The van der Waals surface area contributed by atoms with Crippen LogP contribution < -0.4 is 0 Å². The molecule has 0 radical (unpaired) electrons. The van der Waals surface area contributed by atoms with Crippen LogP contribution in [0.4, 0.5) is 0 Å². The fourth-order valence-corrected chi connectivity index (χ4v) is 8.93.